The molecule has 2 fully saturated rings. The van der Waals surface area contributed by atoms with Crippen LogP contribution >= 0.6 is 0 Å². The van der Waals surface area contributed by atoms with Gasteiger partial charge >= 0.3 is 0 Å². The first-order valence-corrected chi connectivity index (χ1v) is 8.31. The van der Waals surface area contributed by atoms with Gasteiger partial charge in [-0.3, -0.25) is 0 Å². The van der Waals surface area contributed by atoms with E-state index in [0.717, 1.165) is 19.1 Å². The van der Waals surface area contributed by atoms with Gasteiger partial charge in [0.25, 0.3) is 0 Å². The van der Waals surface area contributed by atoms with Crippen molar-refractivity contribution in [2.24, 2.45) is 0 Å². The monoisotopic (exact) mass is 277 g/mol. The zero-order valence-electron chi connectivity index (χ0n) is 12.4. The number of rotatable bonds is 6. The van der Waals surface area contributed by atoms with Crippen LogP contribution in [-0.4, -0.2) is 28.3 Å². The molecule has 0 aromatic carbocycles. The highest BCUT2D eigenvalue weighted by molar-refractivity contribution is 5.27. The number of anilines is 1. The normalized spacial score (nSPS) is 21.4. The fourth-order valence-electron chi connectivity index (χ4n) is 3.43. The van der Waals surface area contributed by atoms with Crippen molar-refractivity contribution in [2.75, 3.05) is 11.9 Å². The van der Waals surface area contributed by atoms with Gasteiger partial charge in [-0.05, 0) is 25.7 Å². The number of imidazole rings is 1. The van der Waals surface area contributed by atoms with Crippen molar-refractivity contribution in [3.63, 3.8) is 0 Å². The van der Waals surface area contributed by atoms with Gasteiger partial charge in [0.1, 0.15) is 0 Å². The summed E-state index contributed by atoms with van der Waals surface area (Å²) in [4.78, 5) is 4.46. The molecule has 0 spiro atoms. The lowest BCUT2D eigenvalue weighted by Crippen LogP contribution is -2.24. The van der Waals surface area contributed by atoms with Crippen LogP contribution in [0.3, 0.4) is 0 Å². The smallest absolute Gasteiger partial charge is 0.203 e. The van der Waals surface area contributed by atoms with E-state index in [-0.39, 0.29) is 0 Å². The largest absolute Gasteiger partial charge is 0.376 e. The molecule has 0 unspecified atom stereocenters. The summed E-state index contributed by atoms with van der Waals surface area (Å²) in [6, 6.07) is 0.612. The van der Waals surface area contributed by atoms with Crippen molar-refractivity contribution < 1.29 is 4.74 Å². The number of nitrogens with zero attached hydrogens (tertiary/aromatic N) is 2. The van der Waals surface area contributed by atoms with E-state index in [1.807, 2.05) is 6.20 Å². The first-order valence-electron chi connectivity index (χ1n) is 8.31. The van der Waals surface area contributed by atoms with Gasteiger partial charge in [-0.15, -0.1) is 0 Å². The minimum Gasteiger partial charge on any atom is -0.376 e. The molecule has 0 saturated heterocycles. The van der Waals surface area contributed by atoms with Gasteiger partial charge in [-0.1, -0.05) is 32.1 Å². The van der Waals surface area contributed by atoms with Crippen LogP contribution in [0.4, 0.5) is 5.95 Å². The molecule has 1 aromatic rings. The van der Waals surface area contributed by atoms with Crippen LogP contribution in [0, 0.1) is 0 Å². The average Bonchev–Trinajstić information content (AvgIpc) is 3.13. The van der Waals surface area contributed by atoms with Crippen LogP contribution in [0.1, 0.15) is 57.8 Å². The summed E-state index contributed by atoms with van der Waals surface area (Å²) in [6.45, 7) is 1.71. The number of hydrogen-bond donors (Lipinski definition) is 1. The molecule has 4 heteroatoms. The molecule has 2 saturated carbocycles. The molecule has 2 aliphatic rings. The first kappa shape index (κ1) is 13.9. The van der Waals surface area contributed by atoms with Gasteiger partial charge in [-0.25, -0.2) is 4.98 Å². The second-order valence-electron chi connectivity index (χ2n) is 6.20. The fourth-order valence-corrected chi connectivity index (χ4v) is 3.43. The van der Waals surface area contributed by atoms with E-state index in [1.165, 1.54) is 57.8 Å². The second kappa shape index (κ2) is 7.11. The highest BCUT2D eigenvalue weighted by Crippen LogP contribution is 2.22. The van der Waals surface area contributed by atoms with Crippen LogP contribution in [-0.2, 0) is 11.3 Å². The summed E-state index contributed by atoms with van der Waals surface area (Å²) < 4.78 is 8.14. The summed E-state index contributed by atoms with van der Waals surface area (Å²) in [5, 5.41) is 3.60. The van der Waals surface area contributed by atoms with E-state index in [1.54, 1.807) is 0 Å². The van der Waals surface area contributed by atoms with Crippen LogP contribution in [0.2, 0.25) is 0 Å². The molecule has 1 N–H and O–H groups in total. The van der Waals surface area contributed by atoms with Crippen LogP contribution in [0.5, 0.6) is 0 Å². The molecule has 0 aliphatic heterocycles. The van der Waals surface area contributed by atoms with Gasteiger partial charge in [0.05, 0.1) is 12.7 Å². The number of hydrogen-bond acceptors (Lipinski definition) is 3. The van der Waals surface area contributed by atoms with Crippen molar-refractivity contribution in [2.45, 2.75) is 76.5 Å². The molecule has 2 aliphatic carbocycles. The van der Waals surface area contributed by atoms with E-state index in [2.05, 4.69) is 21.1 Å². The summed E-state index contributed by atoms with van der Waals surface area (Å²) in [6.07, 6.45) is 16.3. The molecule has 4 nitrogen and oxygen atoms in total. The van der Waals surface area contributed by atoms with Crippen LogP contribution in [0.15, 0.2) is 12.4 Å². The van der Waals surface area contributed by atoms with Crippen LogP contribution in [0.25, 0.3) is 0 Å². The van der Waals surface area contributed by atoms with Gasteiger partial charge in [-0.2, -0.15) is 0 Å². The maximum atomic E-state index is 5.94. The molecular weight excluding hydrogens is 250 g/mol. The zero-order valence-corrected chi connectivity index (χ0v) is 12.4. The second-order valence-corrected chi connectivity index (χ2v) is 6.20. The summed E-state index contributed by atoms with van der Waals surface area (Å²) >= 11 is 0. The maximum Gasteiger partial charge on any atom is 0.203 e. The fraction of sp³-hybridized carbons (Fsp3) is 0.812. The Hall–Kier alpha value is -1.03. The first-order chi connectivity index (χ1) is 9.92. The Labute approximate surface area is 121 Å². The molecule has 0 amide bonds. The standard InChI is InChI=1S/C16H27N3O/c1-2-6-14(7-3-1)18-16-17-10-11-19(16)12-13-20-15-8-4-5-9-15/h10-11,14-15H,1-9,12-13H2,(H,17,18). The Morgan fingerprint density at radius 3 is 2.65 bits per heavy atom. The molecule has 0 bridgehead atoms. The molecule has 3 rings (SSSR count). The molecule has 1 heterocycles. The van der Waals surface area contributed by atoms with Crippen LogP contribution < -0.4 is 5.32 Å². The van der Waals surface area contributed by atoms with Gasteiger partial charge in [0.15, 0.2) is 0 Å². The van der Waals surface area contributed by atoms with Crippen molar-refractivity contribution in [3.05, 3.63) is 12.4 Å². The predicted molar refractivity (Wildman–Crippen MR) is 80.9 cm³/mol. The summed E-state index contributed by atoms with van der Waals surface area (Å²) in [5.41, 5.74) is 0. The molecule has 1 aromatic heterocycles. The SMILES string of the molecule is c1cn(CCOC2CCCC2)c(NC2CCCCC2)n1. The lowest BCUT2D eigenvalue weighted by Gasteiger charge is -2.23. The Morgan fingerprint density at radius 1 is 1.10 bits per heavy atom. The maximum absolute atomic E-state index is 5.94. The zero-order chi connectivity index (χ0) is 13.6. The Balaban J connectivity index is 1.45. The third kappa shape index (κ3) is 3.75. The van der Waals surface area contributed by atoms with E-state index in [4.69, 9.17) is 4.74 Å². The van der Waals surface area contributed by atoms with Gasteiger partial charge in [0.2, 0.25) is 5.95 Å². The Morgan fingerprint density at radius 2 is 1.85 bits per heavy atom. The minimum atomic E-state index is 0.508. The molecule has 112 valence electrons. The van der Waals surface area contributed by atoms with Crippen molar-refractivity contribution in [3.8, 4) is 0 Å². The number of aromatic nitrogens is 2. The number of ether oxygens (including phenoxy) is 1. The molecule has 20 heavy (non-hydrogen) atoms. The van der Waals surface area contributed by atoms with Crippen molar-refractivity contribution in [1.29, 1.82) is 0 Å². The van der Waals surface area contributed by atoms with Gasteiger partial charge in [0, 0.05) is 25.0 Å². The Kier molecular flexibility index (Phi) is 4.96. The number of nitrogens with one attached hydrogen (secondary N) is 1. The van der Waals surface area contributed by atoms with E-state index in [9.17, 15) is 0 Å². The topological polar surface area (TPSA) is 39.1 Å². The van der Waals surface area contributed by atoms with Crippen molar-refractivity contribution >= 4 is 5.95 Å². The lowest BCUT2D eigenvalue weighted by atomic mass is 9.96. The van der Waals surface area contributed by atoms with E-state index < -0.39 is 0 Å². The third-order valence-electron chi connectivity index (χ3n) is 4.64. The summed E-state index contributed by atoms with van der Waals surface area (Å²) in [5.74, 6) is 1.02. The van der Waals surface area contributed by atoms with Gasteiger partial charge < -0.3 is 14.6 Å². The van der Waals surface area contributed by atoms with Crippen molar-refractivity contribution in [1.82, 2.24) is 9.55 Å². The minimum absolute atomic E-state index is 0.508. The van der Waals surface area contributed by atoms with E-state index >= 15 is 0 Å². The Bertz CT molecular complexity index is 392. The quantitative estimate of drug-likeness (QED) is 0.863. The van der Waals surface area contributed by atoms with E-state index in [0.29, 0.717) is 12.1 Å². The highest BCUT2D eigenvalue weighted by atomic mass is 16.5. The lowest BCUT2D eigenvalue weighted by molar-refractivity contribution is 0.0532. The molecule has 0 atom stereocenters. The third-order valence-corrected chi connectivity index (χ3v) is 4.64. The molecular formula is C16H27N3O. The average molecular weight is 277 g/mol. The molecule has 0 radical (unpaired) electrons. The predicted octanol–water partition coefficient (Wildman–Crippen LogP) is 3.59. The highest BCUT2D eigenvalue weighted by Gasteiger charge is 2.16. The summed E-state index contributed by atoms with van der Waals surface area (Å²) in [7, 11) is 0.